The van der Waals surface area contributed by atoms with E-state index in [2.05, 4.69) is 180 Å². The second kappa shape index (κ2) is 11.1. The number of allylic oxidation sites excluding steroid dienone is 2. The van der Waals surface area contributed by atoms with Crippen LogP contribution in [0.2, 0.25) is 0 Å². The van der Waals surface area contributed by atoms with Gasteiger partial charge in [0.05, 0.1) is 17.6 Å². The van der Waals surface area contributed by atoms with Crippen LogP contribution in [0.3, 0.4) is 0 Å². The van der Waals surface area contributed by atoms with Crippen LogP contribution < -0.4 is 16.0 Å². The van der Waals surface area contributed by atoms with Crippen LogP contribution in [0.4, 0.5) is 0 Å². The Hall–Kier alpha value is -5.91. The van der Waals surface area contributed by atoms with Gasteiger partial charge in [-0.15, -0.1) is 0 Å². The van der Waals surface area contributed by atoms with Gasteiger partial charge in [0.15, 0.2) is 0 Å². The number of dihydropyridines is 1. The highest BCUT2D eigenvalue weighted by Gasteiger charge is 2.36. The van der Waals surface area contributed by atoms with Crippen LogP contribution in [0.15, 0.2) is 156 Å². The Bertz CT molecular complexity index is 2590. The number of aliphatic imine (C=N–C) groups is 1. The van der Waals surface area contributed by atoms with E-state index in [-0.39, 0.29) is 17.7 Å². The molecule has 0 bridgehead atoms. The van der Waals surface area contributed by atoms with Crippen LogP contribution in [-0.2, 0) is 5.41 Å². The van der Waals surface area contributed by atoms with E-state index in [1.165, 1.54) is 60.5 Å². The maximum Gasteiger partial charge on any atom is 0.131 e. The summed E-state index contributed by atoms with van der Waals surface area (Å²) in [6.07, 6.45) is 4.16. The van der Waals surface area contributed by atoms with Gasteiger partial charge in [-0.25, -0.2) is 4.99 Å². The smallest absolute Gasteiger partial charge is 0.131 e. The minimum absolute atomic E-state index is 0.0639. The molecular formula is C45H37N5. The van der Waals surface area contributed by atoms with Gasteiger partial charge in [0.25, 0.3) is 0 Å². The molecule has 0 saturated heterocycles. The van der Waals surface area contributed by atoms with E-state index in [1.54, 1.807) is 0 Å². The Morgan fingerprint density at radius 2 is 1.44 bits per heavy atom. The molecule has 2 atom stereocenters. The van der Waals surface area contributed by atoms with Crippen molar-refractivity contribution in [2.75, 3.05) is 6.54 Å². The van der Waals surface area contributed by atoms with Crippen LogP contribution in [0.5, 0.6) is 0 Å². The van der Waals surface area contributed by atoms with Gasteiger partial charge in [-0.2, -0.15) is 0 Å². The Labute approximate surface area is 291 Å². The number of nitrogens with one attached hydrogen (secondary N) is 3. The fraction of sp³-hybridized carbons (Fsp3) is 0.133. The lowest BCUT2D eigenvalue weighted by Crippen LogP contribution is -2.54. The molecule has 3 N–H and O–H groups in total. The second-order valence-electron chi connectivity index (χ2n) is 14.2. The van der Waals surface area contributed by atoms with E-state index in [0.29, 0.717) is 6.54 Å². The molecule has 10 rings (SSSR count). The summed E-state index contributed by atoms with van der Waals surface area (Å²) in [5.41, 5.74) is 12.4. The van der Waals surface area contributed by atoms with E-state index < -0.39 is 0 Å². The van der Waals surface area contributed by atoms with Crippen LogP contribution in [-0.4, -0.2) is 23.1 Å². The number of hydrogen-bond acceptors (Lipinski definition) is 4. The largest absolute Gasteiger partial charge is 0.380 e. The molecule has 0 spiro atoms. The quantitative estimate of drug-likeness (QED) is 0.179. The normalized spacial score (nSPS) is 19.3. The Balaban J connectivity index is 1.05. The summed E-state index contributed by atoms with van der Waals surface area (Å²) in [5, 5.41) is 16.3. The van der Waals surface area contributed by atoms with Crippen LogP contribution in [0.25, 0.3) is 49.4 Å². The topological polar surface area (TPSA) is 53.4 Å². The first kappa shape index (κ1) is 29.0. The number of aromatic nitrogens is 1. The molecule has 7 aromatic rings. The third-order valence-electron chi connectivity index (χ3n) is 10.9. The molecule has 6 aromatic carbocycles. The lowest BCUT2D eigenvalue weighted by Gasteiger charge is -2.34. The summed E-state index contributed by atoms with van der Waals surface area (Å²) >= 11 is 0. The van der Waals surface area contributed by atoms with Gasteiger partial charge in [0.2, 0.25) is 0 Å². The molecule has 1 aromatic heterocycles. The van der Waals surface area contributed by atoms with E-state index >= 15 is 0 Å². The number of nitrogens with zero attached hydrogens (tertiary/aromatic N) is 2. The van der Waals surface area contributed by atoms with Crippen molar-refractivity contribution in [3.63, 3.8) is 0 Å². The zero-order valence-corrected chi connectivity index (χ0v) is 28.1. The minimum atomic E-state index is -0.191. The van der Waals surface area contributed by atoms with Crippen LogP contribution in [0.1, 0.15) is 42.3 Å². The molecule has 50 heavy (non-hydrogen) atoms. The summed E-state index contributed by atoms with van der Waals surface area (Å²) in [6, 6.07) is 48.1. The predicted octanol–water partition coefficient (Wildman–Crippen LogP) is 9.25. The first-order chi connectivity index (χ1) is 24.5. The summed E-state index contributed by atoms with van der Waals surface area (Å²) in [5.74, 6) is 0.880. The van der Waals surface area contributed by atoms with Gasteiger partial charge < -0.3 is 15.2 Å². The fourth-order valence-corrected chi connectivity index (χ4v) is 8.33. The highest BCUT2D eigenvalue weighted by Crippen LogP contribution is 2.51. The maximum absolute atomic E-state index is 5.17. The van der Waals surface area contributed by atoms with Gasteiger partial charge in [-0.3, -0.25) is 5.32 Å². The van der Waals surface area contributed by atoms with Crippen molar-refractivity contribution in [3.8, 4) is 11.1 Å². The average Bonchev–Trinajstić information content (AvgIpc) is 3.62. The molecular weight excluding hydrogens is 611 g/mol. The van der Waals surface area contributed by atoms with Gasteiger partial charge in [-0.05, 0) is 75.0 Å². The van der Waals surface area contributed by atoms with Crippen molar-refractivity contribution in [2.24, 2.45) is 4.99 Å². The molecule has 1 aliphatic carbocycles. The second-order valence-corrected chi connectivity index (χ2v) is 14.2. The molecule has 0 amide bonds. The number of para-hydroxylation sites is 1. The van der Waals surface area contributed by atoms with Gasteiger partial charge in [0.1, 0.15) is 18.2 Å². The number of benzene rings is 6. The Morgan fingerprint density at radius 3 is 2.30 bits per heavy atom. The zero-order valence-electron chi connectivity index (χ0n) is 28.1. The van der Waals surface area contributed by atoms with Crippen molar-refractivity contribution in [2.45, 2.75) is 31.6 Å². The fourth-order valence-electron chi connectivity index (χ4n) is 8.33. The molecule has 0 radical (unpaired) electrons. The predicted molar refractivity (Wildman–Crippen MR) is 207 cm³/mol. The standard InChI is InChI=1S/C45H37N5/c1-45(2)37-18-10-8-16-33(37)35-25-36-34-17-9-11-19-40(34)50(41(36)26-38(35)45)32-22-23-39(46-27-32)44-48-42(29-13-4-3-5-14-29)47-43(49-44)31-21-20-28-12-6-7-15-30(28)24-31/h3-26,42,44,46,48H,27H2,1-2H3,(H,47,49). The maximum atomic E-state index is 5.17. The molecule has 0 fully saturated rings. The SMILES string of the molecule is CC1(C)c2ccccc2-c2cc3c4ccccc4n(C4=CC=C(C5NC(c6ccc7ccccc7c6)=NC(c6ccccc6)N5)NC4)c3cc21. The Kier molecular flexibility index (Phi) is 6.42. The van der Waals surface area contributed by atoms with Crippen molar-refractivity contribution in [1.82, 2.24) is 20.5 Å². The molecule has 5 heteroatoms. The number of rotatable bonds is 4. The van der Waals surface area contributed by atoms with Crippen molar-refractivity contribution >= 4 is 44.1 Å². The zero-order chi connectivity index (χ0) is 33.4. The molecule has 0 saturated carbocycles. The van der Waals surface area contributed by atoms with Gasteiger partial charge >= 0.3 is 0 Å². The molecule has 3 heterocycles. The third kappa shape index (κ3) is 4.47. The molecule has 2 unspecified atom stereocenters. The van der Waals surface area contributed by atoms with Crippen LogP contribution >= 0.6 is 0 Å². The first-order valence-corrected chi connectivity index (χ1v) is 17.5. The van der Waals surface area contributed by atoms with Crippen molar-refractivity contribution < 1.29 is 0 Å². The lowest BCUT2D eigenvalue weighted by molar-refractivity contribution is 0.422. The van der Waals surface area contributed by atoms with E-state index in [0.717, 1.165) is 22.7 Å². The summed E-state index contributed by atoms with van der Waals surface area (Å²) in [6.45, 7) is 5.41. The van der Waals surface area contributed by atoms with Gasteiger partial charge in [0, 0.05) is 33.1 Å². The van der Waals surface area contributed by atoms with Crippen LogP contribution in [0, 0.1) is 0 Å². The molecule has 3 aliphatic rings. The van der Waals surface area contributed by atoms with Gasteiger partial charge in [-0.1, -0.05) is 123 Å². The molecule has 5 nitrogen and oxygen atoms in total. The number of amidine groups is 1. The van der Waals surface area contributed by atoms with E-state index in [1.807, 2.05) is 0 Å². The third-order valence-corrected chi connectivity index (χ3v) is 10.9. The van der Waals surface area contributed by atoms with E-state index in [4.69, 9.17) is 4.99 Å². The minimum Gasteiger partial charge on any atom is -0.380 e. The average molecular weight is 648 g/mol. The van der Waals surface area contributed by atoms with Crippen molar-refractivity contribution in [3.05, 3.63) is 174 Å². The first-order valence-electron chi connectivity index (χ1n) is 17.5. The van der Waals surface area contributed by atoms with E-state index in [9.17, 15) is 0 Å². The number of fused-ring (bicyclic) bond motifs is 7. The summed E-state index contributed by atoms with van der Waals surface area (Å²) < 4.78 is 2.46. The highest BCUT2D eigenvalue weighted by atomic mass is 15.3. The summed E-state index contributed by atoms with van der Waals surface area (Å²) in [7, 11) is 0. The lowest BCUT2D eigenvalue weighted by atomic mass is 9.82. The number of hydrogen-bond donors (Lipinski definition) is 3. The Morgan fingerprint density at radius 1 is 0.660 bits per heavy atom. The monoisotopic (exact) mass is 647 g/mol. The summed E-state index contributed by atoms with van der Waals surface area (Å²) in [4.78, 5) is 5.17. The van der Waals surface area contributed by atoms with Crippen molar-refractivity contribution in [1.29, 1.82) is 0 Å². The molecule has 242 valence electrons. The highest BCUT2D eigenvalue weighted by molar-refractivity contribution is 6.12. The molecule has 2 aliphatic heterocycles.